The molecule has 2 aliphatic carbocycles. The third-order valence-corrected chi connectivity index (χ3v) is 6.12. The Hall–Kier alpha value is -0.250. The molecule has 4 heteroatoms. The maximum absolute atomic E-state index is 6.13. The molecular weight excluding hydrogens is 350 g/mol. The predicted molar refractivity (Wildman–Crippen MR) is 92.1 cm³/mol. The van der Waals surface area contributed by atoms with Gasteiger partial charge < -0.3 is 10.1 Å². The van der Waals surface area contributed by atoms with E-state index in [0.717, 1.165) is 28.2 Å². The number of halogens is 2. The van der Waals surface area contributed by atoms with E-state index < -0.39 is 0 Å². The van der Waals surface area contributed by atoms with Crippen LogP contribution in [0.25, 0.3) is 0 Å². The number of anilines is 1. The van der Waals surface area contributed by atoms with Crippen LogP contribution in [0.1, 0.15) is 45.4 Å². The molecule has 0 saturated heterocycles. The SMILES string of the molecule is CCOC1CC(Nc2cc(Cl)ccc2Br)C12CCCCC2. The monoisotopic (exact) mass is 371 g/mol. The van der Waals surface area contributed by atoms with Crippen molar-refractivity contribution in [1.29, 1.82) is 0 Å². The summed E-state index contributed by atoms with van der Waals surface area (Å²) < 4.78 is 7.10. The lowest BCUT2D eigenvalue weighted by atomic mass is 9.55. The molecule has 3 rings (SSSR count). The normalized spacial score (nSPS) is 27.4. The van der Waals surface area contributed by atoms with Gasteiger partial charge in [0.05, 0.1) is 11.8 Å². The summed E-state index contributed by atoms with van der Waals surface area (Å²) in [7, 11) is 0. The van der Waals surface area contributed by atoms with Gasteiger partial charge in [-0.1, -0.05) is 30.9 Å². The number of rotatable bonds is 4. The van der Waals surface area contributed by atoms with Gasteiger partial charge in [-0.15, -0.1) is 0 Å². The van der Waals surface area contributed by atoms with Crippen molar-refractivity contribution in [3.8, 4) is 0 Å². The van der Waals surface area contributed by atoms with Crippen molar-refractivity contribution >= 4 is 33.2 Å². The Kier molecular flexibility index (Phi) is 4.82. The van der Waals surface area contributed by atoms with Crippen LogP contribution in [0.5, 0.6) is 0 Å². The van der Waals surface area contributed by atoms with Crippen LogP contribution in [0.15, 0.2) is 22.7 Å². The molecule has 0 amide bonds. The number of nitrogens with one attached hydrogen (secondary N) is 1. The second kappa shape index (κ2) is 6.47. The highest BCUT2D eigenvalue weighted by atomic mass is 79.9. The average molecular weight is 373 g/mol. The van der Waals surface area contributed by atoms with E-state index in [1.807, 2.05) is 18.2 Å². The van der Waals surface area contributed by atoms with Gasteiger partial charge in [0, 0.05) is 27.6 Å². The van der Waals surface area contributed by atoms with Crippen molar-refractivity contribution in [2.24, 2.45) is 5.41 Å². The Morgan fingerprint density at radius 3 is 2.81 bits per heavy atom. The van der Waals surface area contributed by atoms with Crippen LogP contribution >= 0.6 is 27.5 Å². The molecule has 1 N–H and O–H groups in total. The fourth-order valence-electron chi connectivity index (χ4n) is 4.06. The van der Waals surface area contributed by atoms with Crippen molar-refractivity contribution < 1.29 is 4.74 Å². The Bertz CT molecular complexity index is 502. The number of ether oxygens (including phenoxy) is 1. The average Bonchev–Trinajstić information content (AvgIpc) is 2.50. The van der Waals surface area contributed by atoms with E-state index in [-0.39, 0.29) is 0 Å². The van der Waals surface area contributed by atoms with Gasteiger partial charge in [0.1, 0.15) is 0 Å². The molecule has 0 radical (unpaired) electrons. The summed E-state index contributed by atoms with van der Waals surface area (Å²) in [5, 5.41) is 4.50. The van der Waals surface area contributed by atoms with Crippen LogP contribution in [0, 0.1) is 5.41 Å². The summed E-state index contributed by atoms with van der Waals surface area (Å²) in [5.74, 6) is 0. The molecule has 0 heterocycles. The molecule has 2 atom stereocenters. The Balaban J connectivity index is 1.77. The van der Waals surface area contributed by atoms with E-state index in [2.05, 4.69) is 28.2 Å². The molecule has 1 spiro atoms. The molecule has 116 valence electrons. The minimum atomic E-state index is 0.329. The summed E-state index contributed by atoms with van der Waals surface area (Å²) in [6.07, 6.45) is 8.14. The highest BCUT2D eigenvalue weighted by Crippen LogP contribution is 2.54. The van der Waals surface area contributed by atoms with E-state index in [1.54, 1.807) is 0 Å². The summed E-state index contributed by atoms with van der Waals surface area (Å²) in [6, 6.07) is 6.44. The van der Waals surface area contributed by atoms with Gasteiger partial charge in [0.2, 0.25) is 0 Å². The van der Waals surface area contributed by atoms with Crippen LogP contribution in [0.3, 0.4) is 0 Å². The van der Waals surface area contributed by atoms with Crippen LogP contribution in [-0.2, 0) is 4.74 Å². The first-order valence-electron chi connectivity index (χ1n) is 7.99. The summed E-state index contributed by atoms with van der Waals surface area (Å²) in [5.41, 5.74) is 1.43. The van der Waals surface area contributed by atoms with Crippen LogP contribution in [0.2, 0.25) is 5.02 Å². The molecule has 0 bridgehead atoms. The Labute approximate surface area is 140 Å². The third kappa shape index (κ3) is 2.97. The molecule has 2 unspecified atom stereocenters. The largest absolute Gasteiger partial charge is 0.381 e. The van der Waals surface area contributed by atoms with Gasteiger partial charge in [-0.3, -0.25) is 0 Å². The number of benzene rings is 1. The minimum Gasteiger partial charge on any atom is -0.381 e. The first-order chi connectivity index (χ1) is 10.2. The molecule has 21 heavy (non-hydrogen) atoms. The maximum atomic E-state index is 6.13. The van der Waals surface area contributed by atoms with E-state index >= 15 is 0 Å². The Morgan fingerprint density at radius 1 is 1.33 bits per heavy atom. The van der Waals surface area contributed by atoms with E-state index in [0.29, 0.717) is 17.6 Å². The molecular formula is C17H23BrClNO. The quantitative estimate of drug-likeness (QED) is 0.738. The van der Waals surface area contributed by atoms with Crippen molar-refractivity contribution in [2.45, 2.75) is 57.6 Å². The maximum Gasteiger partial charge on any atom is 0.0670 e. The van der Waals surface area contributed by atoms with E-state index in [4.69, 9.17) is 16.3 Å². The van der Waals surface area contributed by atoms with Crippen molar-refractivity contribution in [2.75, 3.05) is 11.9 Å². The lowest BCUT2D eigenvalue weighted by Gasteiger charge is -2.58. The standard InChI is InChI=1S/C17H23BrClNO/c1-2-21-16-11-15(17(16)8-4-3-5-9-17)20-14-10-12(19)6-7-13(14)18/h6-7,10,15-16,20H,2-5,8-9,11H2,1H3. The Morgan fingerprint density at radius 2 is 2.10 bits per heavy atom. The fourth-order valence-corrected chi connectivity index (χ4v) is 4.59. The minimum absolute atomic E-state index is 0.329. The molecule has 2 nitrogen and oxygen atoms in total. The van der Waals surface area contributed by atoms with Gasteiger partial charge in [-0.2, -0.15) is 0 Å². The molecule has 2 fully saturated rings. The van der Waals surface area contributed by atoms with Crippen molar-refractivity contribution in [3.05, 3.63) is 27.7 Å². The van der Waals surface area contributed by atoms with Crippen molar-refractivity contribution in [3.63, 3.8) is 0 Å². The predicted octanol–water partition coefficient (Wildman–Crippen LogP) is 5.64. The van der Waals surface area contributed by atoms with Crippen LogP contribution < -0.4 is 5.32 Å². The molecule has 2 aliphatic rings. The lowest BCUT2D eigenvalue weighted by molar-refractivity contribution is -0.134. The fraction of sp³-hybridized carbons (Fsp3) is 0.647. The van der Waals surface area contributed by atoms with Gasteiger partial charge >= 0.3 is 0 Å². The molecule has 1 aromatic rings. The van der Waals surface area contributed by atoms with Gasteiger partial charge in [-0.05, 0) is 60.3 Å². The summed E-state index contributed by atoms with van der Waals surface area (Å²) >= 11 is 9.75. The lowest BCUT2D eigenvalue weighted by Crippen LogP contribution is -2.62. The van der Waals surface area contributed by atoms with Gasteiger partial charge in [0.25, 0.3) is 0 Å². The molecule has 0 aromatic heterocycles. The zero-order chi connectivity index (χ0) is 14.9. The first-order valence-corrected chi connectivity index (χ1v) is 9.16. The van der Waals surface area contributed by atoms with Gasteiger partial charge in [0.15, 0.2) is 0 Å². The summed E-state index contributed by atoms with van der Waals surface area (Å²) in [4.78, 5) is 0. The molecule has 0 aliphatic heterocycles. The van der Waals surface area contributed by atoms with Crippen molar-refractivity contribution in [1.82, 2.24) is 0 Å². The van der Waals surface area contributed by atoms with E-state index in [9.17, 15) is 0 Å². The first kappa shape index (κ1) is 15.6. The second-order valence-corrected chi connectivity index (χ2v) is 7.59. The highest BCUT2D eigenvalue weighted by Gasteiger charge is 2.55. The van der Waals surface area contributed by atoms with Crippen LogP contribution in [-0.4, -0.2) is 18.8 Å². The topological polar surface area (TPSA) is 21.3 Å². The second-order valence-electron chi connectivity index (χ2n) is 6.29. The summed E-state index contributed by atoms with van der Waals surface area (Å²) in [6.45, 7) is 2.92. The number of hydrogen-bond acceptors (Lipinski definition) is 2. The molecule has 1 aromatic carbocycles. The van der Waals surface area contributed by atoms with Crippen LogP contribution in [0.4, 0.5) is 5.69 Å². The third-order valence-electron chi connectivity index (χ3n) is 5.20. The van der Waals surface area contributed by atoms with E-state index in [1.165, 1.54) is 32.1 Å². The smallest absolute Gasteiger partial charge is 0.0670 e. The van der Waals surface area contributed by atoms with Gasteiger partial charge in [-0.25, -0.2) is 0 Å². The molecule has 2 saturated carbocycles. The zero-order valence-electron chi connectivity index (χ0n) is 12.5. The highest BCUT2D eigenvalue weighted by molar-refractivity contribution is 9.10. The number of hydrogen-bond donors (Lipinski definition) is 1. The zero-order valence-corrected chi connectivity index (χ0v) is 14.8.